The molecule has 3 rings (SSSR count). The first-order valence-electron chi connectivity index (χ1n) is 11.3. The van der Waals surface area contributed by atoms with Gasteiger partial charge in [-0.05, 0) is 53.9 Å². The summed E-state index contributed by atoms with van der Waals surface area (Å²) in [4.78, 5) is 8.71. The Labute approximate surface area is 186 Å². The lowest BCUT2D eigenvalue weighted by atomic mass is 9.76. The molecule has 0 fully saturated rings. The lowest BCUT2D eigenvalue weighted by molar-refractivity contribution is 0.289. The highest BCUT2D eigenvalue weighted by atomic mass is 16.5. The summed E-state index contributed by atoms with van der Waals surface area (Å²) in [5.74, 6) is 2.11. The molecule has 0 aliphatic carbocycles. The number of ether oxygens (including phenoxy) is 1. The maximum Gasteiger partial charge on any atom is 0.227 e. The van der Waals surface area contributed by atoms with Gasteiger partial charge < -0.3 is 9.26 Å². The minimum Gasteiger partial charge on any atom is -0.493 e. The predicted molar refractivity (Wildman–Crippen MR) is 124 cm³/mol. The summed E-state index contributed by atoms with van der Waals surface area (Å²) in [5.41, 5.74) is 3.57. The minimum atomic E-state index is 0.0548. The summed E-state index contributed by atoms with van der Waals surface area (Å²) < 4.78 is 11.6. The second-order valence-corrected chi connectivity index (χ2v) is 9.36. The van der Waals surface area contributed by atoms with Crippen LogP contribution in [0.4, 0.5) is 0 Å². The van der Waals surface area contributed by atoms with E-state index in [0.29, 0.717) is 24.7 Å². The highest BCUT2D eigenvalue weighted by molar-refractivity contribution is 5.47. The predicted octanol–water partition coefficient (Wildman–Crippen LogP) is 6.52. The van der Waals surface area contributed by atoms with Gasteiger partial charge in [0.05, 0.1) is 6.61 Å². The fourth-order valence-electron chi connectivity index (χ4n) is 3.36. The fourth-order valence-corrected chi connectivity index (χ4v) is 3.36. The Bertz CT molecular complexity index is 977. The van der Waals surface area contributed by atoms with Crippen LogP contribution in [0.5, 0.6) is 5.75 Å². The van der Waals surface area contributed by atoms with Crippen LogP contribution in [-0.2, 0) is 17.3 Å². The molecule has 3 aromatic rings. The van der Waals surface area contributed by atoms with Gasteiger partial charge in [0.2, 0.25) is 11.7 Å². The lowest BCUT2D eigenvalue weighted by Gasteiger charge is -2.30. The molecule has 5 nitrogen and oxygen atoms in total. The van der Waals surface area contributed by atoms with E-state index >= 15 is 0 Å². The van der Waals surface area contributed by atoms with Crippen molar-refractivity contribution in [2.45, 2.75) is 78.1 Å². The molecule has 0 aliphatic heterocycles. The highest BCUT2D eigenvalue weighted by Crippen LogP contribution is 2.38. The van der Waals surface area contributed by atoms with E-state index in [1.807, 2.05) is 18.2 Å². The van der Waals surface area contributed by atoms with E-state index in [1.54, 1.807) is 6.20 Å². The number of rotatable bonds is 10. The van der Waals surface area contributed by atoms with Crippen LogP contribution in [0.1, 0.15) is 77.8 Å². The Morgan fingerprint density at radius 2 is 1.74 bits per heavy atom. The van der Waals surface area contributed by atoms with Gasteiger partial charge in [0.15, 0.2) is 0 Å². The van der Waals surface area contributed by atoms with Crippen molar-refractivity contribution in [3.63, 3.8) is 0 Å². The third-order valence-corrected chi connectivity index (χ3v) is 6.41. The maximum atomic E-state index is 6.24. The van der Waals surface area contributed by atoms with Crippen molar-refractivity contribution < 1.29 is 9.26 Å². The average molecular weight is 422 g/mol. The standard InChI is InChI=1S/C26H35N3O2/c1-7-25(3,4)19-14-15-22(20(18-19)26(5,6)8-2)30-17-11-13-23-28-24(29-31-23)21-12-9-10-16-27-21/h9-10,12,14-16,18H,7-8,11,13,17H2,1-6H3. The van der Waals surface area contributed by atoms with Gasteiger partial charge in [0.25, 0.3) is 0 Å². The molecule has 0 N–H and O–H groups in total. The van der Waals surface area contributed by atoms with Crippen molar-refractivity contribution in [2.24, 2.45) is 0 Å². The van der Waals surface area contributed by atoms with Crippen LogP contribution in [0.2, 0.25) is 0 Å². The van der Waals surface area contributed by atoms with Crippen molar-refractivity contribution in [2.75, 3.05) is 6.61 Å². The van der Waals surface area contributed by atoms with Crippen LogP contribution in [-0.4, -0.2) is 21.7 Å². The summed E-state index contributed by atoms with van der Waals surface area (Å²) in [7, 11) is 0. The highest BCUT2D eigenvalue weighted by Gasteiger charge is 2.26. The van der Waals surface area contributed by atoms with E-state index in [9.17, 15) is 0 Å². The molecule has 0 spiro atoms. The number of aromatic nitrogens is 3. The number of nitrogens with zero attached hydrogens (tertiary/aromatic N) is 3. The second kappa shape index (κ2) is 9.63. The average Bonchev–Trinajstić information content (AvgIpc) is 3.26. The van der Waals surface area contributed by atoms with Crippen LogP contribution in [0.3, 0.4) is 0 Å². The van der Waals surface area contributed by atoms with Crippen molar-refractivity contribution in [1.29, 1.82) is 0 Å². The van der Waals surface area contributed by atoms with Gasteiger partial charge in [0.1, 0.15) is 11.4 Å². The van der Waals surface area contributed by atoms with E-state index in [2.05, 4.69) is 74.9 Å². The van der Waals surface area contributed by atoms with Crippen molar-refractivity contribution in [3.05, 3.63) is 59.6 Å². The molecule has 0 aliphatic rings. The number of benzene rings is 1. The third kappa shape index (κ3) is 5.52. The maximum absolute atomic E-state index is 6.24. The molecule has 0 amide bonds. The van der Waals surface area contributed by atoms with Crippen molar-refractivity contribution in [3.8, 4) is 17.3 Å². The largest absolute Gasteiger partial charge is 0.493 e. The van der Waals surface area contributed by atoms with Gasteiger partial charge in [-0.1, -0.05) is 64.9 Å². The van der Waals surface area contributed by atoms with Crippen LogP contribution < -0.4 is 4.74 Å². The van der Waals surface area contributed by atoms with E-state index in [-0.39, 0.29) is 10.8 Å². The van der Waals surface area contributed by atoms with Crippen LogP contribution in [0.15, 0.2) is 47.1 Å². The monoisotopic (exact) mass is 421 g/mol. The summed E-state index contributed by atoms with van der Waals surface area (Å²) in [5, 5.41) is 4.03. The van der Waals surface area contributed by atoms with Crippen LogP contribution >= 0.6 is 0 Å². The summed E-state index contributed by atoms with van der Waals surface area (Å²) >= 11 is 0. The normalized spacial score (nSPS) is 12.2. The van der Waals surface area contributed by atoms with E-state index in [1.165, 1.54) is 11.1 Å². The van der Waals surface area contributed by atoms with E-state index in [4.69, 9.17) is 9.26 Å². The minimum absolute atomic E-state index is 0.0548. The van der Waals surface area contributed by atoms with E-state index < -0.39 is 0 Å². The second-order valence-electron chi connectivity index (χ2n) is 9.36. The Morgan fingerprint density at radius 3 is 2.42 bits per heavy atom. The lowest BCUT2D eigenvalue weighted by Crippen LogP contribution is -2.21. The zero-order chi connectivity index (χ0) is 22.5. The van der Waals surface area contributed by atoms with Crippen molar-refractivity contribution >= 4 is 0 Å². The Hall–Kier alpha value is -2.69. The van der Waals surface area contributed by atoms with E-state index in [0.717, 1.165) is 30.7 Å². The topological polar surface area (TPSA) is 61.0 Å². The molecule has 0 unspecified atom stereocenters. The molecule has 5 heteroatoms. The molecule has 1 aromatic carbocycles. The van der Waals surface area contributed by atoms with Crippen LogP contribution in [0.25, 0.3) is 11.5 Å². The van der Waals surface area contributed by atoms with Crippen LogP contribution in [0, 0.1) is 0 Å². The summed E-state index contributed by atoms with van der Waals surface area (Å²) in [6.45, 7) is 14.3. The fraction of sp³-hybridized carbons (Fsp3) is 0.500. The molecular formula is C26H35N3O2. The Morgan fingerprint density at radius 1 is 0.968 bits per heavy atom. The molecule has 0 radical (unpaired) electrons. The van der Waals surface area contributed by atoms with Gasteiger partial charge >= 0.3 is 0 Å². The molecule has 0 atom stereocenters. The van der Waals surface area contributed by atoms with Gasteiger partial charge in [-0.25, -0.2) is 0 Å². The number of hydrogen-bond acceptors (Lipinski definition) is 5. The first kappa shape index (κ1) is 23.0. The van der Waals surface area contributed by atoms with Gasteiger partial charge in [-0.2, -0.15) is 4.98 Å². The summed E-state index contributed by atoms with van der Waals surface area (Å²) in [6.07, 6.45) is 5.36. The van der Waals surface area contributed by atoms with Gasteiger partial charge in [-0.3, -0.25) is 4.98 Å². The zero-order valence-corrected chi connectivity index (χ0v) is 19.7. The SMILES string of the molecule is CCC(C)(C)c1ccc(OCCCc2nc(-c3ccccn3)no2)c(C(C)(C)CC)c1. The first-order chi connectivity index (χ1) is 14.8. The smallest absolute Gasteiger partial charge is 0.227 e. The number of pyridine rings is 1. The number of aryl methyl sites for hydroxylation is 1. The molecular weight excluding hydrogens is 386 g/mol. The molecule has 2 heterocycles. The molecule has 31 heavy (non-hydrogen) atoms. The Kier molecular flexibility index (Phi) is 7.14. The molecule has 0 bridgehead atoms. The van der Waals surface area contributed by atoms with Gasteiger partial charge in [0, 0.05) is 18.2 Å². The molecule has 2 aromatic heterocycles. The molecule has 0 saturated carbocycles. The Balaban J connectivity index is 1.65. The molecule has 166 valence electrons. The quantitative estimate of drug-likeness (QED) is 0.349. The van der Waals surface area contributed by atoms with Gasteiger partial charge in [-0.15, -0.1) is 0 Å². The first-order valence-corrected chi connectivity index (χ1v) is 11.3. The van der Waals surface area contributed by atoms with Crippen molar-refractivity contribution in [1.82, 2.24) is 15.1 Å². The number of hydrogen-bond donors (Lipinski definition) is 0. The molecule has 0 saturated heterocycles. The zero-order valence-electron chi connectivity index (χ0n) is 19.7. The summed E-state index contributed by atoms with van der Waals surface area (Å²) in [6, 6.07) is 12.4. The third-order valence-electron chi connectivity index (χ3n) is 6.41.